The first-order valence-corrected chi connectivity index (χ1v) is 13.3. The largest absolute Gasteiger partial charge is 0.497 e. The molecule has 1 N–H and O–H groups in total. The summed E-state index contributed by atoms with van der Waals surface area (Å²) in [6.45, 7) is 4.24. The zero-order chi connectivity index (χ0) is 24.7. The van der Waals surface area contributed by atoms with Crippen molar-refractivity contribution >= 4 is 5.91 Å². The van der Waals surface area contributed by atoms with E-state index in [1.807, 2.05) is 38.2 Å². The molecule has 7 heteroatoms. The van der Waals surface area contributed by atoms with E-state index in [2.05, 4.69) is 21.9 Å². The molecule has 6 atom stereocenters. The van der Waals surface area contributed by atoms with Gasteiger partial charge in [0.05, 0.1) is 32.4 Å². The number of carbonyl (C=O) groups is 1. The van der Waals surface area contributed by atoms with Crippen LogP contribution in [0.15, 0.2) is 24.3 Å². The lowest BCUT2D eigenvalue weighted by Crippen LogP contribution is -2.72. The van der Waals surface area contributed by atoms with Gasteiger partial charge in [-0.1, -0.05) is 12.1 Å². The normalized spacial score (nSPS) is 33.9. The highest BCUT2D eigenvalue weighted by Gasteiger charge is 2.64. The number of carbonyl (C=O) groups excluding carboxylic acids is 1. The molecule has 0 radical (unpaired) electrons. The van der Waals surface area contributed by atoms with E-state index in [-0.39, 0.29) is 24.0 Å². The third-order valence-electron chi connectivity index (χ3n) is 9.51. The number of aliphatic hydroxyl groups excluding tert-OH is 1. The van der Waals surface area contributed by atoms with E-state index < -0.39 is 0 Å². The molecular weight excluding hydrogens is 442 g/mol. The number of nitrogens with zero attached hydrogens (tertiary/aromatic N) is 3. The number of hydrogen-bond acceptors (Lipinski definition) is 6. The van der Waals surface area contributed by atoms with Gasteiger partial charge in [0, 0.05) is 38.7 Å². The lowest BCUT2D eigenvalue weighted by atomic mass is 9.57. The highest BCUT2D eigenvalue weighted by Crippen LogP contribution is 2.61. The van der Waals surface area contributed by atoms with E-state index in [4.69, 9.17) is 9.47 Å². The fraction of sp³-hybridized carbons (Fsp3) is 0.750. The highest BCUT2D eigenvalue weighted by molar-refractivity contribution is 5.79. The number of likely N-dealkylation sites (tertiary alicyclic amines) is 2. The van der Waals surface area contributed by atoms with Crippen molar-refractivity contribution in [2.45, 2.75) is 44.4 Å². The number of likely N-dealkylation sites (N-methyl/N-ethyl adjacent to an activating group) is 1. The molecule has 0 bridgehead atoms. The number of ether oxygens (including phenoxy) is 2. The van der Waals surface area contributed by atoms with Crippen LogP contribution < -0.4 is 4.74 Å². The van der Waals surface area contributed by atoms with Gasteiger partial charge in [-0.25, -0.2) is 0 Å². The van der Waals surface area contributed by atoms with Crippen LogP contribution >= 0.6 is 0 Å². The molecule has 2 saturated heterocycles. The summed E-state index contributed by atoms with van der Waals surface area (Å²) < 4.78 is 11.1. The van der Waals surface area contributed by atoms with Crippen LogP contribution in [-0.4, -0.2) is 99.0 Å². The quantitative estimate of drug-likeness (QED) is 0.640. The van der Waals surface area contributed by atoms with Crippen LogP contribution in [0.5, 0.6) is 5.75 Å². The molecule has 194 valence electrons. The van der Waals surface area contributed by atoms with Crippen molar-refractivity contribution in [3.05, 3.63) is 29.8 Å². The molecule has 1 spiro atoms. The summed E-state index contributed by atoms with van der Waals surface area (Å²) in [5.74, 6) is 3.35. The molecule has 35 heavy (non-hydrogen) atoms. The number of methoxy groups -OCH3 is 2. The maximum atomic E-state index is 13.4. The zero-order valence-electron chi connectivity index (χ0n) is 21.9. The van der Waals surface area contributed by atoms with Crippen molar-refractivity contribution in [3.63, 3.8) is 0 Å². The van der Waals surface area contributed by atoms with Crippen molar-refractivity contribution in [2.75, 3.05) is 61.1 Å². The van der Waals surface area contributed by atoms with Crippen molar-refractivity contribution in [1.82, 2.24) is 14.7 Å². The van der Waals surface area contributed by atoms with Crippen LogP contribution in [0.4, 0.5) is 0 Å². The molecule has 5 unspecified atom stereocenters. The Labute approximate surface area is 210 Å². The summed E-state index contributed by atoms with van der Waals surface area (Å²) in [6.07, 6.45) is 4.96. The fourth-order valence-corrected chi connectivity index (χ4v) is 8.24. The number of benzene rings is 1. The Morgan fingerprint density at radius 2 is 1.83 bits per heavy atom. The van der Waals surface area contributed by atoms with Gasteiger partial charge in [-0.3, -0.25) is 9.69 Å². The van der Waals surface area contributed by atoms with Gasteiger partial charge < -0.3 is 24.4 Å². The predicted octanol–water partition coefficient (Wildman–Crippen LogP) is 2.33. The molecule has 1 aromatic carbocycles. The molecule has 2 heterocycles. The third kappa shape index (κ3) is 4.61. The minimum atomic E-state index is -0.0553. The van der Waals surface area contributed by atoms with E-state index in [1.165, 1.54) is 12.0 Å². The average Bonchev–Trinajstić information content (AvgIpc) is 3.21. The van der Waals surface area contributed by atoms with Gasteiger partial charge in [0.1, 0.15) is 5.75 Å². The van der Waals surface area contributed by atoms with Gasteiger partial charge in [0.2, 0.25) is 5.91 Å². The Balaban J connectivity index is 1.38. The van der Waals surface area contributed by atoms with Gasteiger partial charge in [0.25, 0.3) is 0 Å². The third-order valence-corrected chi connectivity index (χ3v) is 9.51. The molecule has 4 fully saturated rings. The summed E-state index contributed by atoms with van der Waals surface area (Å²) in [7, 11) is 7.44. The minimum Gasteiger partial charge on any atom is -0.497 e. The Morgan fingerprint density at radius 1 is 1.09 bits per heavy atom. The molecule has 4 aliphatic rings. The van der Waals surface area contributed by atoms with Crippen LogP contribution in [0.2, 0.25) is 0 Å². The SMILES string of the molecule is COc1ccc(CN2CC3(C2)CN(C(=O)CN(C)C)[C@H](CO)C2CC4CC(OC)CCC4C23)cc1. The smallest absolute Gasteiger partial charge is 0.237 e. The Morgan fingerprint density at radius 3 is 2.46 bits per heavy atom. The second kappa shape index (κ2) is 10.0. The Kier molecular flexibility index (Phi) is 7.14. The van der Waals surface area contributed by atoms with Crippen molar-refractivity contribution in [2.24, 2.45) is 29.1 Å². The van der Waals surface area contributed by atoms with Crippen LogP contribution in [0.1, 0.15) is 31.2 Å². The number of aliphatic hydroxyl groups is 1. The molecular formula is C28H43N3O4. The molecule has 1 aromatic rings. The maximum Gasteiger partial charge on any atom is 0.237 e. The van der Waals surface area contributed by atoms with E-state index in [0.717, 1.165) is 51.2 Å². The summed E-state index contributed by atoms with van der Waals surface area (Å²) >= 11 is 0. The van der Waals surface area contributed by atoms with Gasteiger partial charge in [-0.05, 0) is 81.1 Å². The molecule has 7 nitrogen and oxygen atoms in total. The van der Waals surface area contributed by atoms with Crippen LogP contribution in [0.25, 0.3) is 0 Å². The first-order chi connectivity index (χ1) is 16.9. The highest BCUT2D eigenvalue weighted by atomic mass is 16.5. The zero-order valence-corrected chi connectivity index (χ0v) is 21.9. The minimum absolute atomic E-state index is 0.0553. The van der Waals surface area contributed by atoms with E-state index >= 15 is 0 Å². The second-order valence-electron chi connectivity index (χ2n) is 11.9. The molecule has 2 aliphatic heterocycles. The molecule has 2 aliphatic carbocycles. The fourth-order valence-electron chi connectivity index (χ4n) is 8.24. The Bertz CT molecular complexity index is 885. The van der Waals surface area contributed by atoms with E-state index in [0.29, 0.717) is 36.3 Å². The molecule has 2 saturated carbocycles. The lowest BCUT2D eigenvalue weighted by molar-refractivity contribution is -0.172. The van der Waals surface area contributed by atoms with E-state index in [1.54, 1.807) is 7.11 Å². The van der Waals surface area contributed by atoms with Crippen molar-refractivity contribution in [3.8, 4) is 5.75 Å². The van der Waals surface area contributed by atoms with Gasteiger partial charge in [-0.15, -0.1) is 0 Å². The Hall–Kier alpha value is -1.67. The predicted molar refractivity (Wildman–Crippen MR) is 135 cm³/mol. The van der Waals surface area contributed by atoms with Crippen molar-refractivity contribution in [1.29, 1.82) is 0 Å². The molecule has 1 amide bonds. The number of amides is 1. The standard InChI is InChI=1S/C28H43N3O4/c1-29(2)14-26(33)31-18-28(16-30(17-28)13-19-5-7-21(34-3)8-6-19)27-23-10-9-22(35-4)11-20(23)12-24(27)25(31)15-32/h5-8,20,22-25,27,32H,9-18H2,1-4H3/t20?,22?,23?,24?,25-,27?/m1/s1. The van der Waals surface area contributed by atoms with Crippen molar-refractivity contribution < 1.29 is 19.4 Å². The van der Waals surface area contributed by atoms with Crippen LogP contribution in [0, 0.1) is 29.1 Å². The number of piperidine rings is 1. The topological polar surface area (TPSA) is 65.5 Å². The molecule has 0 aromatic heterocycles. The maximum absolute atomic E-state index is 13.4. The van der Waals surface area contributed by atoms with Gasteiger partial charge in [0.15, 0.2) is 0 Å². The second-order valence-corrected chi connectivity index (χ2v) is 11.9. The summed E-state index contributed by atoms with van der Waals surface area (Å²) in [5, 5.41) is 10.5. The lowest BCUT2D eigenvalue weighted by Gasteiger charge is -2.63. The first-order valence-electron chi connectivity index (χ1n) is 13.3. The molecule has 5 rings (SSSR count). The first kappa shape index (κ1) is 25.0. The summed E-state index contributed by atoms with van der Waals surface area (Å²) in [6, 6.07) is 8.32. The number of hydrogen-bond donors (Lipinski definition) is 1. The summed E-state index contributed by atoms with van der Waals surface area (Å²) in [4.78, 5) is 19.9. The van der Waals surface area contributed by atoms with Gasteiger partial charge in [-0.2, -0.15) is 0 Å². The number of fused-ring (bicyclic) bond motifs is 4. The van der Waals surface area contributed by atoms with Gasteiger partial charge >= 0.3 is 0 Å². The number of rotatable bonds is 7. The summed E-state index contributed by atoms with van der Waals surface area (Å²) in [5.41, 5.74) is 1.43. The monoisotopic (exact) mass is 485 g/mol. The van der Waals surface area contributed by atoms with Crippen LogP contribution in [0.3, 0.4) is 0 Å². The van der Waals surface area contributed by atoms with E-state index in [9.17, 15) is 9.90 Å². The van der Waals surface area contributed by atoms with Crippen LogP contribution in [-0.2, 0) is 16.1 Å². The average molecular weight is 486 g/mol.